The van der Waals surface area contributed by atoms with Gasteiger partial charge in [-0.25, -0.2) is 9.97 Å². The molecule has 0 atom stereocenters. The number of benzene rings is 2. The molecule has 0 saturated carbocycles. The molecule has 6 nitrogen and oxygen atoms in total. The molecule has 1 amide bonds. The van der Waals surface area contributed by atoms with Crippen LogP contribution in [0.1, 0.15) is 0 Å². The molecule has 1 N–H and O–H groups in total. The summed E-state index contributed by atoms with van der Waals surface area (Å²) in [5, 5.41) is 4.75. The van der Waals surface area contributed by atoms with Gasteiger partial charge in [-0.15, -0.1) is 0 Å². The molecule has 0 spiro atoms. The van der Waals surface area contributed by atoms with Crippen molar-refractivity contribution in [2.24, 2.45) is 0 Å². The fourth-order valence-corrected chi connectivity index (χ4v) is 3.52. The van der Waals surface area contributed by atoms with E-state index in [1.54, 1.807) is 36.7 Å². The monoisotopic (exact) mass is 410 g/mol. The first-order valence-corrected chi connectivity index (χ1v) is 9.55. The molecule has 140 valence electrons. The average Bonchev–Trinajstić information content (AvgIpc) is 3.11. The van der Waals surface area contributed by atoms with Crippen LogP contribution in [0.3, 0.4) is 0 Å². The highest BCUT2D eigenvalue weighted by atomic mass is 35.5. The minimum absolute atomic E-state index is 0.511. The SMILES string of the molecule is CN(C=O)c1cc(Oc2ccc3sc(Nc4ccc(Cl)cc4)nc3c2)ccn1. The molecule has 4 rings (SSSR count). The second kappa shape index (κ2) is 7.84. The van der Waals surface area contributed by atoms with Crippen molar-refractivity contribution in [1.29, 1.82) is 0 Å². The quantitative estimate of drug-likeness (QED) is 0.427. The Kier molecular flexibility index (Phi) is 5.10. The number of nitrogens with zero attached hydrogens (tertiary/aromatic N) is 3. The molecule has 0 bridgehead atoms. The zero-order valence-corrected chi connectivity index (χ0v) is 16.4. The Labute approximate surface area is 170 Å². The fraction of sp³-hybridized carbons (Fsp3) is 0.0500. The van der Waals surface area contributed by atoms with Crippen LogP contribution in [0, 0.1) is 0 Å². The topological polar surface area (TPSA) is 67.3 Å². The number of hydrogen-bond donors (Lipinski definition) is 1. The van der Waals surface area contributed by atoms with E-state index in [1.165, 1.54) is 4.90 Å². The smallest absolute Gasteiger partial charge is 0.215 e. The highest BCUT2D eigenvalue weighted by molar-refractivity contribution is 7.22. The molecule has 0 aliphatic heterocycles. The van der Waals surface area contributed by atoms with Crippen LogP contribution in [0.5, 0.6) is 11.5 Å². The summed E-state index contributed by atoms with van der Waals surface area (Å²) in [6.07, 6.45) is 2.29. The van der Waals surface area contributed by atoms with Gasteiger partial charge in [0.1, 0.15) is 17.3 Å². The Balaban J connectivity index is 1.55. The number of pyridine rings is 1. The van der Waals surface area contributed by atoms with Crippen LogP contribution in [-0.2, 0) is 4.79 Å². The second-order valence-electron chi connectivity index (χ2n) is 5.95. The van der Waals surface area contributed by atoms with E-state index in [4.69, 9.17) is 16.3 Å². The highest BCUT2D eigenvalue weighted by Crippen LogP contribution is 2.32. The molecular weight excluding hydrogens is 396 g/mol. The summed E-state index contributed by atoms with van der Waals surface area (Å²) in [5.41, 5.74) is 1.75. The van der Waals surface area contributed by atoms with Gasteiger partial charge in [0.15, 0.2) is 5.13 Å². The van der Waals surface area contributed by atoms with E-state index in [0.29, 0.717) is 28.7 Å². The van der Waals surface area contributed by atoms with E-state index in [1.807, 2.05) is 42.5 Å². The van der Waals surface area contributed by atoms with Crippen LogP contribution < -0.4 is 15.0 Å². The molecule has 2 heterocycles. The minimum Gasteiger partial charge on any atom is -0.457 e. The van der Waals surface area contributed by atoms with Crippen LogP contribution in [-0.4, -0.2) is 23.4 Å². The molecule has 0 aliphatic carbocycles. The molecule has 4 aromatic rings. The number of amides is 1. The predicted octanol–water partition coefficient (Wildman–Crippen LogP) is 5.47. The minimum atomic E-state index is 0.511. The molecule has 0 aliphatic rings. The summed E-state index contributed by atoms with van der Waals surface area (Å²) >= 11 is 7.47. The summed E-state index contributed by atoms with van der Waals surface area (Å²) < 4.78 is 6.95. The maximum absolute atomic E-state index is 10.9. The number of nitrogens with one attached hydrogen (secondary N) is 1. The first kappa shape index (κ1) is 18.2. The number of aromatic nitrogens is 2. The van der Waals surface area contributed by atoms with Gasteiger partial charge in [0.05, 0.1) is 10.2 Å². The fourth-order valence-electron chi connectivity index (χ4n) is 2.53. The van der Waals surface area contributed by atoms with Gasteiger partial charge in [-0.3, -0.25) is 4.79 Å². The lowest BCUT2D eigenvalue weighted by Crippen LogP contribution is -2.14. The number of thiazole rings is 1. The number of anilines is 3. The van der Waals surface area contributed by atoms with Crippen molar-refractivity contribution >= 4 is 56.2 Å². The van der Waals surface area contributed by atoms with Crippen molar-refractivity contribution in [2.45, 2.75) is 0 Å². The van der Waals surface area contributed by atoms with Crippen LogP contribution in [0.15, 0.2) is 60.8 Å². The van der Waals surface area contributed by atoms with Crippen LogP contribution in [0.25, 0.3) is 10.2 Å². The van der Waals surface area contributed by atoms with Gasteiger partial charge in [-0.2, -0.15) is 0 Å². The number of ether oxygens (including phenoxy) is 1. The summed E-state index contributed by atoms with van der Waals surface area (Å²) in [5.74, 6) is 1.76. The van der Waals surface area contributed by atoms with E-state index < -0.39 is 0 Å². The lowest BCUT2D eigenvalue weighted by Gasteiger charge is -2.11. The van der Waals surface area contributed by atoms with Gasteiger partial charge in [0, 0.05) is 36.1 Å². The number of rotatable bonds is 6. The second-order valence-corrected chi connectivity index (χ2v) is 7.42. The predicted molar refractivity (Wildman–Crippen MR) is 113 cm³/mol. The van der Waals surface area contributed by atoms with Crippen LogP contribution in [0.2, 0.25) is 5.02 Å². The lowest BCUT2D eigenvalue weighted by molar-refractivity contribution is -0.107. The molecule has 0 unspecified atom stereocenters. The van der Waals surface area contributed by atoms with Gasteiger partial charge in [0.2, 0.25) is 6.41 Å². The largest absolute Gasteiger partial charge is 0.457 e. The van der Waals surface area contributed by atoms with Gasteiger partial charge >= 0.3 is 0 Å². The Morgan fingerprint density at radius 2 is 1.89 bits per heavy atom. The average molecular weight is 411 g/mol. The van der Waals surface area contributed by atoms with Crippen molar-refractivity contribution in [3.05, 3.63) is 65.8 Å². The molecule has 0 radical (unpaired) electrons. The van der Waals surface area contributed by atoms with E-state index in [9.17, 15) is 4.79 Å². The first-order valence-electron chi connectivity index (χ1n) is 8.36. The summed E-state index contributed by atoms with van der Waals surface area (Å²) in [4.78, 5) is 21.0. The van der Waals surface area contributed by atoms with Gasteiger partial charge in [0.25, 0.3) is 0 Å². The normalized spacial score (nSPS) is 10.6. The zero-order valence-electron chi connectivity index (χ0n) is 14.8. The van der Waals surface area contributed by atoms with Gasteiger partial charge in [-0.05, 0) is 42.5 Å². The van der Waals surface area contributed by atoms with Crippen molar-refractivity contribution < 1.29 is 9.53 Å². The van der Waals surface area contributed by atoms with E-state index in [0.717, 1.165) is 21.0 Å². The van der Waals surface area contributed by atoms with Crippen molar-refractivity contribution in [2.75, 3.05) is 17.3 Å². The lowest BCUT2D eigenvalue weighted by atomic mass is 10.3. The summed E-state index contributed by atoms with van der Waals surface area (Å²) in [6, 6.07) is 16.6. The summed E-state index contributed by atoms with van der Waals surface area (Å²) in [6.45, 7) is 0. The third kappa shape index (κ3) is 4.05. The summed E-state index contributed by atoms with van der Waals surface area (Å²) in [7, 11) is 1.63. The Bertz CT molecular complexity index is 1130. The molecule has 2 aromatic carbocycles. The van der Waals surface area contributed by atoms with Crippen molar-refractivity contribution in [3.8, 4) is 11.5 Å². The number of carbonyl (C=O) groups is 1. The Hall–Kier alpha value is -3.16. The third-order valence-corrected chi connectivity index (χ3v) is 5.13. The maximum atomic E-state index is 10.9. The van der Waals surface area contributed by atoms with E-state index in [-0.39, 0.29) is 0 Å². The molecule has 0 fully saturated rings. The van der Waals surface area contributed by atoms with Crippen LogP contribution in [0.4, 0.5) is 16.6 Å². The molecule has 28 heavy (non-hydrogen) atoms. The molecule has 0 saturated heterocycles. The Morgan fingerprint density at radius 1 is 1.11 bits per heavy atom. The molecule has 2 aromatic heterocycles. The number of halogens is 1. The molecule has 8 heteroatoms. The highest BCUT2D eigenvalue weighted by Gasteiger charge is 2.08. The number of hydrogen-bond acceptors (Lipinski definition) is 6. The van der Waals surface area contributed by atoms with Crippen LogP contribution >= 0.6 is 22.9 Å². The maximum Gasteiger partial charge on any atom is 0.215 e. The van der Waals surface area contributed by atoms with Crippen molar-refractivity contribution in [1.82, 2.24) is 9.97 Å². The van der Waals surface area contributed by atoms with E-state index >= 15 is 0 Å². The third-order valence-electron chi connectivity index (χ3n) is 3.93. The van der Waals surface area contributed by atoms with Crippen molar-refractivity contribution in [3.63, 3.8) is 0 Å². The Morgan fingerprint density at radius 3 is 2.68 bits per heavy atom. The van der Waals surface area contributed by atoms with Gasteiger partial charge < -0.3 is 15.0 Å². The zero-order chi connectivity index (χ0) is 19.5. The number of carbonyl (C=O) groups excluding carboxylic acids is 1. The molecular formula is C20H15ClN4O2S. The van der Waals surface area contributed by atoms with E-state index in [2.05, 4.69) is 15.3 Å². The standard InChI is InChI=1S/C20H15ClN4O2S/c1-25(12-26)19-11-16(8-9-22-19)27-15-6-7-18-17(10-15)24-20(28-18)23-14-4-2-13(21)3-5-14/h2-12H,1H3,(H,23,24). The first-order chi connectivity index (χ1) is 13.6. The number of fused-ring (bicyclic) bond motifs is 1. The van der Waals surface area contributed by atoms with Gasteiger partial charge in [-0.1, -0.05) is 22.9 Å².